The first kappa shape index (κ1) is 22.7. The average molecular weight is 488 g/mol. The largest absolute Gasteiger partial charge is 0.261 e. The minimum Gasteiger partial charge on any atom is -0.261 e. The van der Waals surface area contributed by atoms with Crippen LogP contribution in [0.25, 0.3) is 10.6 Å². The van der Waals surface area contributed by atoms with Crippen molar-refractivity contribution in [1.29, 1.82) is 0 Å². The van der Waals surface area contributed by atoms with Gasteiger partial charge in [-0.05, 0) is 56.0 Å². The minimum atomic E-state index is -3.41. The maximum atomic E-state index is 14.3. The van der Waals surface area contributed by atoms with Crippen molar-refractivity contribution in [2.45, 2.75) is 38.0 Å². The highest BCUT2D eigenvalue weighted by molar-refractivity contribution is 7.90. The Morgan fingerprint density at radius 1 is 1.06 bits per heavy atom. The molecule has 0 aliphatic carbocycles. The molecule has 0 radical (unpaired) electrons. The van der Waals surface area contributed by atoms with Crippen LogP contribution < -0.4 is 0 Å². The number of pyridine rings is 1. The fourth-order valence-electron chi connectivity index (χ4n) is 3.37. The molecule has 4 aromatic rings. The molecule has 0 spiro atoms. The number of thiazole rings is 2. The number of halogens is 1. The van der Waals surface area contributed by atoms with Gasteiger partial charge in [-0.2, -0.15) is 0 Å². The van der Waals surface area contributed by atoms with Crippen molar-refractivity contribution in [1.82, 2.24) is 15.0 Å². The summed E-state index contributed by atoms with van der Waals surface area (Å²) >= 11 is 3.27. The summed E-state index contributed by atoms with van der Waals surface area (Å²) in [5, 5.41) is 4.10. The van der Waals surface area contributed by atoms with Crippen LogP contribution in [0.15, 0.2) is 46.8 Å². The topological polar surface area (TPSA) is 72.8 Å². The van der Waals surface area contributed by atoms with E-state index < -0.39 is 15.7 Å². The maximum Gasteiger partial charge on any atom is 0.175 e. The molecule has 1 aromatic carbocycles. The minimum absolute atomic E-state index is 0.00393. The maximum absolute atomic E-state index is 14.3. The van der Waals surface area contributed by atoms with Crippen molar-refractivity contribution in [3.05, 3.63) is 80.3 Å². The molecule has 0 unspecified atom stereocenters. The van der Waals surface area contributed by atoms with Crippen LogP contribution in [0.4, 0.5) is 4.39 Å². The van der Waals surface area contributed by atoms with Gasteiger partial charge in [-0.1, -0.05) is 12.1 Å². The van der Waals surface area contributed by atoms with Gasteiger partial charge in [0.25, 0.3) is 0 Å². The van der Waals surface area contributed by atoms with Crippen LogP contribution >= 0.6 is 22.7 Å². The molecule has 0 aliphatic heterocycles. The van der Waals surface area contributed by atoms with Gasteiger partial charge in [0, 0.05) is 29.9 Å². The van der Waals surface area contributed by atoms with Crippen molar-refractivity contribution in [2.75, 3.05) is 6.26 Å². The zero-order chi connectivity index (χ0) is 22.9. The van der Waals surface area contributed by atoms with E-state index in [0.29, 0.717) is 24.8 Å². The SMILES string of the molecule is Cc1nc(C)c(-c2csc(Cc3ccc(CCc4ccc(S(C)(=O)=O)cc4F)cn3)n2)s1. The van der Waals surface area contributed by atoms with Crippen molar-refractivity contribution in [3.8, 4) is 10.6 Å². The predicted octanol–water partition coefficient (Wildman–Crippen LogP) is 5.20. The van der Waals surface area contributed by atoms with Gasteiger partial charge in [-0.25, -0.2) is 22.8 Å². The molecule has 0 saturated carbocycles. The summed E-state index contributed by atoms with van der Waals surface area (Å²) in [6.07, 6.45) is 4.63. The highest BCUT2D eigenvalue weighted by Gasteiger charge is 2.13. The molecule has 3 aromatic heterocycles. The van der Waals surface area contributed by atoms with Crippen molar-refractivity contribution >= 4 is 32.5 Å². The highest BCUT2D eigenvalue weighted by Crippen LogP contribution is 2.31. The zero-order valence-electron chi connectivity index (χ0n) is 17.9. The normalized spacial score (nSPS) is 11.8. The van der Waals surface area contributed by atoms with E-state index in [2.05, 4.69) is 15.3 Å². The number of nitrogens with zero attached hydrogens (tertiary/aromatic N) is 3. The zero-order valence-corrected chi connectivity index (χ0v) is 20.4. The molecule has 0 fully saturated rings. The Kier molecular flexibility index (Phi) is 6.50. The van der Waals surface area contributed by atoms with Crippen molar-refractivity contribution < 1.29 is 12.8 Å². The lowest BCUT2D eigenvalue weighted by molar-refractivity contribution is 0.590. The van der Waals surface area contributed by atoms with Crippen LogP contribution in [-0.2, 0) is 29.1 Å². The van der Waals surface area contributed by atoms with Gasteiger partial charge in [0.05, 0.1) is 31.2 Å². The second-order valence-electron chi connectivity index (χ2n) is 7.63. The van der Waals surface area contributed by atoms with E-state index in [0.717, 1.165) is 49.9 Å². The Balaban J connectivity index is 1.38. The predicted molar refractivity (Wildman–Crippen MR) is 127 cm³/mol. The molecular weight excluding hydrogens is 465 g/mol. The Morgan fingerprint density at radius 2 is 1.88 bits per heavy atom. The van der Waals surface area contributed by atoms with Crippen LogP contribution in [0.5, 0.6) is 0 Å². The van der Waals surface area contributed by atoms with E-state index in [1.807, 2.05) is 32.2 Å². The molecule has 0 bridgehead atoms. The standard InChI is InChI=1S/C23H22FN3O2S3/c1-14-23(31-15(2)26-14)21-13-30-22(27-21)10-18-8-5-16(12-25-18)4-6-17-7-9-19(11-20(17)24)32(3,28)29/h5,7-9,11-13H,4,6,10H2,1-3H3. The third-order valence-corrected chi connectivity index (χ3v) is 8.10. The van der Waals surface area contributed by atoms with Crippen molar-refractivity contribution in [3.63, 3.8) is 0 Å². The summed E-state index contributed by atoms with van der Waals surface area (Å²) in [7, 11) is -3.41. The number of aryl methyl sites for hydroxylation is 4. The first-order valence-electron chi connectivity index (χ1n) is 10.00. The molecule has 0 atom stereocenters. The lowest BCUT2D eigenvalue weighted by Gasteiger charge is -2.06. The molecular formula is C23H22FN3O2S3. The monoisotopic (exact) mass is 487 g/mol. The average Bonchev–Trinajstić information content (AvgIpc) is 3.32. The highest BCUT2D eigenvalue weighted by atomic mass is 32.2. The molecule has 3 heterocycles. The molecule has 0 N–H and O–H groups in total. The number of aromatic nitrogens is 3. The van der Waals surface area contributed by atoms with Crippen LogP contribution in [0.3, 0.4) is 0 Å². The molecule has 0 amide bonds. The third-order valence-electron chi connectivity index (χ3n) is 5.04. The van der Waals surface area contributed by atoms with Gasteiger partial charge >= 0.3 is 0 Å². The summed E-state index contributed by atoms with van der Waals surface area (Å²) in [6, 6.07) is 8.05. The molecule has 5 nitrogen and oxygen atoms in total. The molecule has 166 valence electrons. The number of sulfone groups is 1. The van der Waals surface area contributed by atoms with E-state index in [4.69, 9.17) is 4.98 Å². The summed E-state index contributed by atoms with van der Waals surface area (Å²) < 4.78 is 37.3. The Hall–Kier alpha value is -2.49. The summed E-state index contributed by atoms with van der Waals surface area (Å²) in [5.41, 5.74) is 4.39. The summed E-state index contributed by atoms with van der Waals surface area (Å²) in [4.78, 5) is 14.9. The molecule has 0 saturated heterocycles. The fourth-order valence-corrected chi connectivity index (χ4v) is 5.76. The van der Waals surface area contributed by atoms with Gasteiger partial charge in [-0.15, -0.1) is 22.7 Å². The Morgan fingerprint density at radius 3 is 2.50 bits per heavy atom. The number of rotatable bonds is 7. The van der Waals surface area contributed by atoms with Gasteiger partial charge in [0.1, 0.15) is 5.82 Å². The van der Waals surface area contributed by atoms with E-state index >= 15 is 0 Å². The lowest BCUT2D eigenvalue weighted by atomic mass is 10.0. The van der Waals surface area contributed by atoms with E-state index in [1.165, 1.54) is 6.07 Å². The molecule has 9 heteroatoms. The van der Waals surface area contributed by atoms with Crippen LogP contribution in [0.1, 0.15) is 32.5 Å². The van der Waals surface area contributed by atoms with Gasteiger partial charge < -0.3 is 0 Å². The summed E-state index contributed by atoms with van der Waals surface area (Å²) in [5.74, 6) is -0.497. The first-order chi connectivity index (χ1) is 15.2. The molecule has 4 rings (SSSR count). The van der Waals surface area contributed by atoms with Crippen LogP contribution in [0.2, 0.25) is 0 Å². The van der Waals surface area contributed by atoms with Gasteiger partial charge in [0.15, 0.2) is 9.84 Å². The van der Waals surface area contributed by atoms with Crippen LogP contribution in [0, 0.1) is 19.7 Å². The van der Waals surface area contributed by atoms with E-state index in [1.54, 1.807) is 28.7 Å². The van der Waals surface area contributed by atoms with E-state index in [9.17, 15) is 12.8 Å². The van der Waals surface area contributed by atoms with Gasteiger partial charge in [-0.3, -0.25) is 4.98 Å². The van der Waals surface area contributed by atoms with E-state index in [-0.39, 0.29) is 4.90 Å². The fraction of sp³-hybridized carbons (Fsp3) is 0.261. The first-order valence-corrected chi connectivity index (χ1v) is 13.6. The second kappa shape index (κ2) is 9.17. The van der Waals surface area contributed by atoms with Gasteiger partial charge in [0.2, 0.25) is 0 Å². The van der Waals surface area contributed by atoms with Crippen LogP contribution in [-0.4, -0.2) is 29.6 Å². The Labute approximate surface area is 195 Å². The third kappa shape index (κ3) is 5.28. The number of benzene rings is 1. The summed E-state index contributed by atoms with van der Waals surface area (Å²) in [6.45, 7) is 4.00. The smallest absolute Gasteiger partial charge is 0.175 e. The second-order valence-corrected chi connectivity index (χ2v) is 11.8. The number of hydrogen-bond donors (Lipinski definition) is 0. The molecule has 0 aliphatic rings. The Bertz CT molecular complexity index is 1360. The molecule has 32 heavy (non-hydrogen) atoms. The lowest BCUT2D eigenvalue weighted by Crippen LogP contribution is -2.01. The number of hydrogen-bond acceptors (Lipinski definition) is 7. The quantitative estimate of drug-likeness (QED) is 0.358. The van der Waals surface area contributed by atoms with Crippen molar-refractivity contribution in [2.24, 2.45) is 0 Å².